The first kappa shape index (κ1) is 15.9. The van der Waals surface area contributed by atoms with Gasteiger partial charge in [-0.15, -0.1) is 0 Å². The molecule has 0 amide bonds. The van der Waals surface area contributed by atoms with Crippen LogP contribution in [0.25, 0.3) is 0 Å². The van der Waals surface area contributed by atoms with E-state index in [0.717, 1.165) is 19.4 Å². The number of carbonyl (C=O) groups is 2. The Bertz CT molecular complexity index is 241. The van der Waals surface area contributed by atoms with E-state index in [0.29, 0.717) is 19.0 Å². The molecule has 0 saturated carbocycles. The molecule has 0 atom stereocenters. The van der Waals surface area contributed by atoms with Crippen molar-refractivity contribution in [1.82, 2.24) is 4.90 Å². The molecule has 5 heteroatoms. The van der Waals surface area contributed by atoms with E-state index in [1.807, 2.05) is 13.8 Å². The molecule has 0 aliphatic rings. The molecule has 0 aromatic rings. The van der Waals surface area contributed by atoms with Crippen molar-refractivity contribution in [2.75, 3.05) is 13.1 Å². The molecule has 0 rings (SSSR count). The summed E-state index contributed by atoms with van der Waals surface area (Å²) in [7, 11) is 0. The van der Waals surface area contributed by atoms with E-state index in [2.05, 4.69) is 4.90 Å². The van der Waals surface area contributed by atoms with E-state index in [-0.39, 0.29) is 12.8 Å². The van der Waals surface area contributed by atoms with Crippen LogP contribution in [0.5, 0.6) is 0 Å². The van der Waals surface area contributed by atoms with E-state index in [1.54, 1.807) is 0 Å². The van der Waals surface area contributed by atoms with E-state index in [1.165, 1.54) is 0 Å². The predicted molar refractivity (Wildman–Crippen MR) is 65.1 cm³/mol. The molecule has 2 N–H and O–H groups in total. The zero-order valence-electron chi connectivity index (χ0n) is 10.7. The van der Waals surface area contributed by atoms with Crippen molar-refractivity contribution in [2.45, 2.75) is 52.0 Å². The topological polar surface area (TPSA) is 77.8 Å². The average Bonchev–Trinajstić information content (AvgIpc) is 2.20. The van der Waals surface area contributed by atoms with Gasteiger partial charge < -0.3 is 15.1 Å². The van der Waals surface area contributed by atoms with Gasteiger partial charge >= 0.3 is 11.9 Å². The minimum Gasteiger partial charge on any atom is -0.481 e. The Morgan fingerprint density at radius 3 is 2.00 bits per heavy atom. The van der Waals surface area contributed by atoms with Gasteiger partial charge in [0, 0.05) is 19.0 Å². The maximum absolute atomic E-state index is 10.5. The van der Waals surface area contributed by atoms with Crippen LogP contribution in [0.1, 0.15) is 46.0 Å². The summed E-state index contributed by atoms with van der Waals surface area (Å²) in [5, 5.41) is 17.1. The Hall–Kier alpha value is -1.10. The summed E-state index contributed by atoms with van der Waals surface area (Å²) in [5.41, 5.74) is 0. The summed E-state index contributed by atoms with van der Waals surface area (Å²) in [6.45, 7) is 5.48. The normalized spacial score (nSPS) is 11.1. The van der Waals surface area contributed by atoms with Gasteiger partial charge in [0.05, 0.1) is 6.42 Å². The lowest BCUT2D eigenvalue weighted by atomic mass is 10.1. The van der Waals surface area contributed by atoms with Crippen molar-refractivity contribution in [2.24, 2.45) is 0 Å². The highest BCUT2D eigenvalue weighted by molar-refractivity contribution is 5.67. The summed E-state index contributed by atoms with van der Waals surface area (Å²) in [6.07, 6.45) is 2.87. The number of hydrogen-bond donors (Lipinski definition) is 2. The molecule has 0 aromatic heterocycles. The molecule has 0 saturated heterocycles. The van der Waals surface area contributed by atoms with Crippen LogP contribution >= 0.6 is 0 Å². The molecular formula is C12H23NO4. The molecule has 0 unspecified atom stereocenters. The third-order valence-electron chi connectivity index (χ3n) is 2.68. The van der Waals surface area contributed by atoms with Crippen LogP contribution in [0.15, 0.2) is 0 Å². The zero-order chi connectivity index (χ0) is 13.3. The number of hydrogen-bond acceptors (Lipinski definition) is 3. The second-order valence-corrected chi connectivity index (χ2v) is 4.48. The Labute approximate surface area is 102 Å². The van der Waals surface area contributed by atoms with Crippen molar-refractivity contribution in [3.8, 4) is 0 Å². The fourth-order valence-electron chi connectivity index (χ4n) is 1.64. The second kappa shape index (κ2) is 8.98. The highest BCUT2D eigenvalue weighted by Crippen LogP contribution is 2.06. The van der Waals surface area contributed by atoms with Gasteiger partial charge in [0.15, 0.2) is 0 Å². The van der Waals surface area contributed by atoms with E-state index in [4.69, 9.17) is 10.2 Å². The average molecular weight is 245 g/mol. The van der Waals surface area contributed by atoms with Crippen molar-refractivity contribution in [3.63, 3.8) is 0 Å². The number of unbranched alkanes of at least 4 members (excludes halogenated alkanes) is 2. The van der Waals surface area contributed by atoms with Crippen molar-refractivity contribution < 1.29 is 19.8 Å². The summed E-state index contributed by atoms with van der Waals surface area (Å²) < 4.78 is 0. The SMILES string of the molecule is CC(C)N(CCCCCC(=O)O)CCC(=O)O. The predicted octanol–water partition coefficient (Wildman–Crippen LogP) is 1.82. The quantitative estimate of drug-likeness (QED) is 0.574. The monoisotopic (exact) mass is 245 g/mol. The molecule has 0 fully saturated rings. The van der Waals surface area contributed by atoms with Crippen LogP contribution < -0.4 is 0 Å². The maximum Gasteiger partial charge on any atom is 0.304 e. The standard InChI is InChI=1S/C12H23NO4/c1-10(2)13(9-7-12(16)17)8-5-3-4-6-11(14)15/h10H,3-9H2,1-2H3,(H,14,15)(H,16,17). The molecule has 0 radical (unpaired) electrons. The molecule has 0 aliphatic heterocycles. The third kappa shape index (κ3) is 9.81. The van der Waals surface area contributed by atoms with E-state index < -0.39 is 11.9 Å². The Morgan fingerprint density at radius 1 is 0.941 bits per heavy atom. The molecule has 0 aromatic carbocycles. The highest BCUT2D eigenvalue weighted by Gasteiger charge is 2.10. The summed E-state index contributed by atoms with van der Waals surface area (Å²) in [4.78, 5) is 22.9. The lowest BCUT2D eigenvalue weighted by Gasteiger charge is -2.25. The summed E-state index contributed by atoms with van der Waals surface area (Å²) in [5.74, 6) is -1.53. The Kier molecular flexibility index (Phi) is 8.40. The number of carboxylic acids is 2. The van der Waals surface area contributed by atoms with Crippen molar-refractivity contribution >= 4 is 11.9 Å². The van der Waals surface area contributed by atoms with Crippen LogP contribution in [0.2, 0.25) is 0 Å². The minimum atomic E-state index is -0.776. The fourth-order valence-corrected chi connectivity index (χ4v) is 1.64. The Balaban J connectivity index is 3.70. The van der Waals surface area contributed by atoms with Gasteiger partial charge in [0.25, 0.3) is 0 Å². The largest absolute Gasteiger partial charge is 0.481 e. The molecular weight excluding hydrogens is 222 g/mol. The van der Waals surface area contributed by atoms with Crippen molar-refractivity contribution in [1.29, 1.82) is 0 Å². The summed E-state index contributed by atoms with van der Waals surface area (Å²) in [6, 6.07) is 0.328. The van der Waals surface area contributed by atoms with Crippen LogP contribution in [-0.2, 0) is 9.59 Å². The highest BCUT2D eigenvalue weighted by atomic mass is 16.4. The summed E-state index contributed by atoms with van der Waals surface area (Å²) >= 11 is 0. The first-order chi connectivity index (χ1) is 7.93. The van der Waals surface area contributed by atoms with E-state index in [9.17, 15) is 9.59 Å². The second-order valence-electron chi connectivity index (χ2n) is 4.48. The zero-order valence-corrected chi connectivity index (χ0v) is 10.7. The molecule has 0 spiro atoms. The molecule has 17 heavy (non-hydrogen) atoms. The molecule has 0 heterocycles. The molecule has 100 valence electrons. The number of rotatable bonds is 10. The molecule has 0 aliphatic carbocycles. The lowest BCUT2D eigenvalue weighted by molar-refractivity contribution is -0.138. The van der Waals surface area contributed by atoms with E-state index >= 15 is 0 Å². The smallest absolute Gasteiger partial charge is 0.304 e. The van der Waals surface area contributed by atoms with Crippen LogP contribution in [0.3, 0.4) is 0 Å². The maximum atomic E-state index is 10.5. The first-order valence-electron chi connectivity index (χ1n) is 6.11. The van der Waals surface area contributed by atoms with Gasteiger partial charge in [0.2, 0.25) is 0 Å². The van der Waals surface area contributed by atoms with Gasteiger partial charge in [0.1, 0.15) is 0 Å². The number of carboxylic acid groups (broad SMARTS) is 2. The fraction of sp³-hybridized carbons (Fsp3) is 0.833. The number of nitrogens with zero attached hydrogens (tertiary/aromatic N) is 1. The van der Waals surface area contributed by atoms with Crippen molar-refractivity contribution in [3.05, 3.63) is 0 Å². The van der Waals surface area contributed by atoms with Gasteiger partial charge in [-0.2, -0.15) is 0 Å². The minimum absolute atomic E-state index is 0.160. The molecule has 5 nitrogen and oxygen atoms in total. The lowest BCUT2D eigenvalue weighted by Crippen LogP contribution is -2.33. The van der Waals surface area contributed by atoms with Gasteiger partial charge in [-0.3, -0.25) is 9.59 Å². The third-order valence-corrected chi connectivity index (χ3v) is 2.68. The first-order valence-corrected chi connectivity index (χ1v) is 6.11. The van der Waals surface area contributed by atoms with Gasteiger partial charge in [-0.25, -0.2) is 0 Å². The van der Waals surface area contributed by atoms with Gasteiger partial charge in [-0.1, -0.05) is 6.42 Å². The van der Waals surface area contributed by atoms with Crippen LogP contribution in [0.4, 0.5) is 0 Å². The van der Waals surface area contributed by atoms with Crippen LogP contribution in [0, 0.1) is 0 Å². The van der Waals surface area contributed by atoms with Crippen LogP contribution in [-0.4, -0.2) is 46.2 Å². The number of aliphatic carboxylic acids is 2. The molecule has 0 bridgehead atoms. The van der Waals surface area contributed by atoms with Gasteiger partial charge in [-0.05, 0) is 33.2 Å². The Morgan fingerprint density at radius 2 is 1.53 bits per heavy atom.